The van der Waals surface area contributed by atoms with E-state index in [9.17, 15) is 9.59 Å². The van der Waals surface area contributed by atoms with E-state index < -0.39 is 5.97 Å². The Morgan fingerprint density at radius 1 is 1.33 bits per heavy atom. The molecule has 78 valence electrons. The van der Waals surface area contributed by atoms with Crippen molar-refractivity contribution in [3.8, 4) is 0 Å². The zero-order chi connectivity index (χ0) is 10.8. The van der Waals surface area contributed by atoms with Crippen LogP contribution in [0.4, 0.5) is 5.82 Å². The molecule has 1 aromatic heterocycles. The second-order valence-electron chi connectivity index (χ2n) is 3.32. The van der Waals surface area contributed by atoms with Gasteiger partial charge in [-0.15, -0.1) is 0 Å². The SMILES string of the molecule is O=C(O)c1nccnc1NC(=O)C1CC1. The maximum atomic E-state index is 11.4. The molecule has 0 bridgehead atoms. The molecule has 6 nitrogen and oxygen atoms in total. The molecular weight excluding hydrogens is 198 g/mol. The highest BCUT2D eigenvalue weighted by Crippen LogP contribution is 2.30. The van der Waals surface area contributed by atoms with Crippen LogP contribution < -0.4 is 5.32 Å². The Kier molecular flexibility index (Phi) is 2.32. The molecule has 0 aromatic carbocycles. The van der Waals surface area contributed by atoms with Crippen molar-refractivity contribution in [3.63, 3.8) is 0 Å². The molecular formula is C9H9N3O3. The standard InChI is InChI=1S/C9H9N3O3/c13-8(5-1-2-5)12-7-6(9(14)15)10-3-4-11-7/h3-5H,1-2H2,(H,14,15)(H,11,12,13). The first kappa shape index (κ1) is 9.57. The van der Waals surface area contributed by atoms with Gasteiger partial charge >= 0.3 is 5.97 Å². The van der Waals surface area contributed by atoms with Gasteiger partial charge in [-0.3, -0.25) is 4.79 Å². The summed E-state index contributed by atoms with van der Waals surface area (Å²) in [6.07, 6.45) is 4.33. The number of anilines is 1. The van der Waals surface area contributed by atoms with E-state index >= 15 is 0 Å². The lowest BCUT2D eigenvalue weighted by atomic mass is 10.3. The van der Waals surface area contributed by atoms with Crippen LogP contribution in [0.1, 0.15) is 23.3 Å². The first-order valence-electron chi connectivity index (χ1n) is 4.53. The summed E-state index contributed by atoms with van der Waals surface area (Å²) in [5, 5.41) is 11.2. The second kappa shape index (κ2) is 3.64. The molecule has 15 heavy (non-hydrogen) atoms. The molecule has 0 saturated heterocycles. The zero-order valence-electron chi connectivity index (χ0n) is 7.80. The molecule has 1 heterocycles. The van der Waals surface area contributed by atoms with Gasteiger partial charge in [-0.25, -0.2) is 14.8 Å². The summed E-state index contributed by atoms with van der Waals surface area (Å²) in [5.41, 5.74) is -0.230. The Morgan fingerprint density at radius 2 is 2.00 bits per heavy atom. The fraction of sp³-hybridized carbons (Fsp3) is 0.333. The van der Waals surface area contributed by atoms with Crippen molar-refractivity contribution < 1.29 is 14.7 Å². The van der Waals surface area contributed by atoms with Gasteiger partial charge in [0.25, 0.3) is 0 Å². The van der Waals surface area contributed by atoms with Crippen molar-refractivity contribution in [2.24, 2.45) is 5.92 Å². The van der Waals surface area contributed by atoms with E-state index in [0.29, 0.717) is 0 Å². The molecule has 0 atom stereocenters. The first-order valence-corrected chi connectivity index (χ1v) is 4.53. The second-order valence-corrected chi connectivity index (χ2v) is 3.32. The van der Waals surface area contributed by atoms with Crippen molar-refractivity contribution >= 4 is 17.7 Å². The van der Waals surface area contributed by atoms with Gasteiger partial charge in [0.15, 0.2) is 11.5 Å². The van der Waals surface area contributed by atoms with Crippen LogP contribution in [0.25, 0.3) is 0 Å². The number of carbonyl (C=O) groups excluding carboxylic acids is 1. The number of nitrogens with one attached hydrogen (secondary N) is 1. The van der Waals surface area contributed by atoms with E-state index in [1.807, 2.05) is 0 Å². The van der Waals surface area contributed by atoms with E-state index in [1.165, 1.54) is 12.4 Å². The molecule has 1 amide bonds. The Hall–Kier alpha value is -1.98. The number of rotatable bonds is 3. The summed E-state index contributed by atoms with van der Waals surface area (Å²) < 4.78 is 0. The molecule has 1 saturated carbocycles. The van der Waals surface area contributed by atoms with Crippen LogP contribution in [0.3, 0.4) is 0 Å². The van der Waals surface area contributed by atoms with Crippen LogP contribution in [0.15, 0.2) is 12.4 Å². The maximum absolute atomic E-state index is 11.4. The Balaban J connectivity index is 2.19. The lowest BCUT2D eigenvalue weighted by Crippen LogP contribution is -2.18. The highest BCUT2D eigenvalue weighted by atomic mass is 16.4. The smallest absolute Gasteiger partial charge is 0.358 e. The normalized spacial score (nSPS) is 14.7. The molecule has 6 heteroatoms. The van der Waals surface area contributed by atoms with Crippen LogP contribution in [-0.4, -0.2) is 27.0 Å². The fourth-order valence-corrected chi connectivity index (χ4v) is 1.15. The van der Waals surface area contributed by atoms with Crippen molar-refractivity contribution in [1.82, 2.24) is 9.97 Å². The average molecular weight is 207 g/mol. The van der Waals surface area contributed by atoms with Crippen LogP contribution in [-0.2, 0) is 4.79 Å². The summed E-state index contributed by atoms with van der Waals surface area (Å²) >= 11 is 0. The fourth-order valence-electron chi connectivity index (χ4n) is 1.15. The Bertz CT molecular complexity index is 415. The predicted molar refractivity (Wildman–Crippen MR) is 50.3 cm³/mol. The third-order valence-electron chi connectivity index (χ3n) is 2.09. The molecule has 0 radical (unpaired) electrons. The highest BCUT2D eigenvalue weighted by Gasteiger charge is 2.30. The number of carboxylic acids is 1. The molecule has 0 spiro atoms. The molecule has 1 aliphatic rings. The van der Waals surface area contributed by atoms with Crippen LogP contribution in [0.5, 0.6) is 0 Å². The molecule has 0 unspecified atom stereocenters. The molecule has 0 aliphatic heterocycles. The zero-order valence-corrected chi connectivity index (χ0v) is 7.80. The number of hydrogen-bond donors (Lipinski definition) is 2. The number of nitrogens with zero attached hydrogens (tertiary/aromatic N) is 2. The van der Waals surface area contributed by atoms with Crippen LogP contribution >= 0.6 is 0 Å². The number of hydrogen-bond acceptors (Lipinski definition) is 4. The molecule has 2 rings (SSSR count). The van der Waals surface area contributed by atoms with Crippen LogP contribution in [0, 0.1) is 5.92 Å². The summed E-state index contributed by atoms with van der Waals surface area (Å²) in [5.74, 6) is -1.36. The van der Waals surface area contributed by atoms with Gasteiger partial charge in [-0.1, -0.05) is 0 Å². The van der Waals surface area contributed by atoms with Gasteiger partial charge in [0.1, 0.15) is 0 Å². The number of amides is 1. The lowest BCUT2D eigenvalue weighted by molar-refractivity contribution is -0.117. The van der Waals surface area contributed by atoms with E-state index in [4.69, 9.17) is 5.11 Å². The quantitative estimate of drug-likeness (QED) is 0.753. The van der Waals surface area contributed by atoms with E-state index in [2.05, 4.69) is 15.3 Å². The minimum atomic E-state index is -1.20. The molecule has 1 aromatic rings. The van der Waals surface area contributed by atoms with Crippen molar-refractivity contribution in [1.29, 1.82) is 0 Å². The van der Waals surface area contributed by atoms with Gasteiger partial charge < -0.3 is 10.4 Å². The average Bonchev–Trinajstić information content (AvgIpc) is 3.01. The van der Waals surface area contributed by atoms with Gasteiger partial charge in [0.2, 0.25) is 5.91 Å². The number of carbonyl (C=O) groups is 2. The van der Waals surface area contributed by atoms with Gasteiger partial charge in [0, 0.05) is 18.3 Å². The third-order valence-corrected chi connectivity index (χ3v) is 2.09. The Morgan fingerprint density at radius 3 is 2.60 bits per heavy atom. The maximum Gasteiger partial charge on any atom is 0.358 e. The summed E-state index contributed by atoms with van der Waals surface area (Å²) in [6, 6.07) is 0. The van der Waals surface area contributed by atoms with E-state index in [-0.39, 0.29) is 23.3 Å². The van der Waals surface area contributed by atoms with Gasteiger partial charge in [0.05, 0.1) is 0 Å². The van der Waals surface area contributed by atoms with Crippen molar-refractivity contribution in [2.45, 2.75) is 12.8 Å². The number of aromatic nitrogens is 2. The number of carboxylic acid groups (broad SMARTS) is 1. The van der Waals surface area contributed by atoms with Crippen molar-refractivity contribution in [3.05, 3.63) is 18.1 Å². The highest BCUT2D eigenvalue weighted by molar-refractivity contribution is 5.99. The largest absolute Gasteiger partial charge is 0.476 e. The van der Waals surface area contributed by atoms with Gasteiger partial charge in [-0.05, 0) is 12.8 Å². The van der Waals surface area contributed by atoms with Crippen LogP contribution in [0.2, 0.25) is 0 Å². The first-order chi connectivity index (χ1) is 7.18. The summed E-state index contributed by atoms with van der Waals surface area (Å²) in [4.78, 5) is 29.5. The number of aromatic carboxylic acids is 1. The van der Waals surface area contributed by atoms with E-state index in [1.54, 1.807) is 0 Å². The predicted octanol–water partition coefficient (Wildman–Crippen LogP) is 0.523. The summed E-state index contributed by atoms with van der Waals surface area (Å²) in [7, 11) is 0. The van der Waals surface area contributed by atoms with Crippen molar-refractivity contribution in [2.75, 3.05) is 5.32 Å². The lowest BCUT2D eigenvalue weighted by Gasteiger charge is -2.04. The Labute approximate surface area is 85.4 Å². The minimum absolute atomic E-state index is 0.00801. The molecule has 1 fully saturated rings. The molecule has 1 aliphatic carbocycles. The monoisotopic (exact) mass is 207 g/mol. The molecule has 2 N–H and O–H groups in total. The van der Waals surface area contributed by atoms with Gasteiger partial charge in [-0.2, -0.15) is 0 Å². The van der Waals surface area contributed by atoms with E-state index in [0.717, 1.165) is 12.8 Å². The topological polar surface area (TPSA) is 92.2 Å². The summed E-state index contributed by atoms with van der Waals surface area (Å²) in [6.45, 7) is 0. The minimum Gasteiger partial charge on any atom is -0.476 e. The third kappa shape index (κ3) is 2.09.